The van der Waals surface area contributed by atoms with E-state index in [9.17, 15) is 0 Å². The van der Waals surface area contributed by atoms with Crippen LogP contribution in [0.3, 0.4) is 0 Å². The van der Waals surface area contributed by atoms with Gasteiger partial charge in [-0.05, 0) is 59.2 Å². The minimum Gasteiger partial charge on any atom is -0.366 e. The molecule has 0 saturated heterocycles. The van der Waals surface area contributed by atoms with Crippen LogP contribution in [0.2, 0.25) is 0 Å². The molecule has 0 unspecified atom stereocenters. The second-order valence-electron chi connectivity index (χ2n) is 9.23. The van der Waals surface area contributed by atoms with Gasteiger partial charge in [-0.15, -0.1) is 35.4 Å². The molecule has 2 heteroatoms. The van der Waals surface area contributed by atoms with Crippen LogP contribution in [0.15, 0.2) is 60.7 Å². The van der Waals surface area contributed by atoms with Gasteiger partial charge in [0.2, 0.25) is 0 Å². The third kappa shape index (κ3) is 12.6. The van der Waals surface area contributed by atoms with Crippen LogP contribution in [0.4, 0.5) is 0 Å². The molecule has 0 aliphatic heterocycles. The molecule has 0 amide bonds. The molecule has 38 heavy (non-hydrogen) atoms. The van der Waals surface area contributed by atoms with Gasteiger partial charge >= 0.3 is 51.4 Å². The van der Waals surface area contributed by atoms with Crippen molar-refractivity contribution in [1.29, 1.82) is 0 Å². The maximum absolute atomic E-state index is 6.69. The molecule has 2 aliphatic carbocycles. The van der Waals surface area contributed by atoms with Gasteiger partial charge in [-0.1, -0.05) is 106 Å². The van der Waals surface area contributed by atoms with Crippen molar-refractivity contribution in [2.45, 2.75) is 69.2 Å². The van der Waals surface area contributed by atoms with Crippen molar-refractivity contribution in [2.24, 2.45) is 0 Å². The zero-order chi connectivity index (χ0) is 27.4. The van der Waals surface area contributed by atoms with Crippen molar-refractivity contribution in [1.82, 2.24) is 0 Å². The predicted molar refractivity (Wildman–Crippen MR) is 155 cm³/mol. The number of hydrogen-bond donors (Lipinski definition) is 0. The van der Waals surface area contributed by atoms with Gasteiger partial charge in [0.05, 0.1) is 0 Å². The Kier molecular flexibility index (Phi) is 22.8. The molecule has 0 N–H and O–H groups in total. The van der Waals surface area contributed by atoms with Crippen molar-refractivity contribution in [3.05, 3.63) is 144 Å². The fourth-order valence-corrected chi connectivity index (χ4v) is 3.86. The molecule has 0 heterocycles. The summed E-state index contributed by atoms with van der Waals surface area (Å²) in [6.45, 7) is 22.0. The summed E-state index contributed by atoms with van der Waals surface area (Å²) in [4.78, 5) is 0. The maximum atomic E-state index is 6.69. The van der Waals surface area contributed by atoms with E-state index in [1.165, 1.54) is 59.2 Å². The topological polar surface area (TPSA) is 0 Å². The molecular weight excluding hydrogens is 622 g/mol. The minimum atomic E-state index is 0. The van der Waals surface area contributed by atoms with Crippen LogP contribution in [0, 0.1) is 124 Å². The molecule has 4 rings (SSSR count). The quantitative estimate of drug-likeness (QED) is 0.179. The summed E-state index contributed by atoms with van der Waals surface area (Å²) < 4.78 is 0. The average Bonchev–Trinajstić information content (AvgIpc) is 3.20. The van der Waals surface area contributed by atoms with Crippen LogP contribution in [0.1, 0.15) is 80.4 Å². The normalized spacial score (nSPS) is 18.3. The van der Waals surface area contributed by atoms with Gasteiger partial charge in [0, 0.05) is 40.4 Å². The summed E-state index contributed by atoms with van der Waals surface area (Å²) in [7, 11) is 0. The molecule has 192 valence electrons. The molecule has 10 radical (unpaired) electrons. The first-order valence-corrected chi connectivity index (χ1v) is 12.3. The Bertz CT molecular complexity index is 772. The summed E-state index contributed by atoms with van der Waals surface area (Å²) in [5.41, 5.74) is 1.65. The second kappa shape index (κ2) is 21.3. The van der Waals surface area contributed by atoms with Crippen molar-refractivity contribution in [2.75, 3.05) is 0 Å². The third-order valence-electron chi connectivity index (χ3n) is 7.46. The molecule has 2 aromatic carbocycles. The van der Waals surface area contributed by atoms with Crippen molar-refractivity contribution in [3.63, 3.8) is 0 Å². The zero-order valence-corrected chi connectivity index (χ0v) is 30.9. The molecule has 0 spiro atoms. The summed E-state index contributed by atoms with van der Waals surface area (Å²) in [5.74, 6) is 19.2. The Morgan fingerprint density at radius 1 is 0.368 bits per heavy atom. The van der Waals surface area contributed by atoms with E-state index in [1.54, 1.807) is 0 Å². The van der Waals surface area contributed by atoms with Crippen LogP contribution >= 0.6 is 0 Å². The molecule has 2 saturated carbocycles. The smallest absolute Gasteiger partial charge is 0.366 e. The van der Waals surface area contributed by atoms with Crippen LogP contribution in [0.25, 0.3) is 0 Å². The SMILES string of the molecule is C[C]1[C](C)[C](C)[C](C)[C]1C.C[C]1[C](C)[C](C)[C](C)[C]1C.[C-]#Cc1ccccc1.[C-]#Cc1ccccc1.[K+].[Sm]. The van der Waals surface area contributed by atoms with Gasteiger partial charge < -0.3 is 12.8 Å². The standard InChI is InChI=1S/2C10H15.2C8H5.K.Sm/c2*1-6-7(2)9(4)10(5)8(6)3;2*1-2-8-6-4-3-5-7-8;;/h2*1-5H3;2*3-7H;;/q;;2*-1;+1;. The molecule has 2 aromatic rings. The van der Waals surface area contributed by atoms with E-state index in [-0.39, 0.29) is 91.8 Å². The van der Waals surface area contributed by atoms with Crippen molar-refractivity contribution >= 4 is 0 Å². The van der Waals surface area contributed by atoms with Gasteiger partial charge in [-0.2, -0.15) is 0 Å². The van der Waals surface area contributed by atoms with E-state index >= 15 is 0 Å². The van der Waals surface area contributed by atoms with Crippen molar-refractivity contribution in [3.8, 4) is 11.8 Å². The van der Waals surface area contributed by atoms with Gasteiger partial charge in [-0.25, -0.2) is 0 Å². The largest absolute Gasteiger partial charge is 1.00 e. The van der Waals surface area contributed by atoms with E-state index in [0.29, 0.717) is 0 Å². The zero-order valence-electron chi connectivity index (χ0n) is 25.2. The Balaban J connectivity index is 0. The van der Waals surface area contributed by atoms with Crippen LogP contribution in [-0.2, 0) is 0 Å². The maximum Gasteiger partial charge on any atom is 1.00 e. The fraction of sp³-hybridized carbons (Fsp3) is 0.278. The second-order valence-corrected chi connectivity index (χ2v) is 9.23. The number of rotatable bonds is 0. The van der Waals surface area contributed by atoms with Gasteiger partial charge in [0.15, 0.2) is 0 Å². The Morgan fingerprint density at radius 2 is 0.526 bits per heavy atom. The summed E-state index contributed by atoms with van der Waals surface area (Å²) in [5, 5.41) is 0. The van der Waals surface area contributed by atoms with Crippen LogP contribution in [0.5, 0.6) is 0 Å². The molecule has 0 bridgehead atoms. The first-order chi connectivity index (χ1) is 17.0. The Morgan fingerprint density at radius 3 is 0.632 bits per heavy atom. The molecule has 0 atom stereocenters. The van der Waals surface area contributed by atoms with Crippen LogP contribution in [-0.4, -0.2) is 0 Å². The fourth-order valence-electron chi connectivity index (χ4n) is 3.86. The van der Waals surface area contributed by atoms with Crippen LogP contribution < -0.4 is 51.4 Å². The van der Waals surface area contributed by atoms with Gasteiger partial charge in [0.25, 0.3) is 0 Å². The van der Waals surface area contributed by atoms with E-state index in [1.807, 2.05) is 60.7 Å². The number of benzene rings is 2. The monoisotopic (exact) mass is 663 g/mol. The summed E-state index contributed by atoms with van der Waals surface area (Å²) >= 11 is 0. The van der Waals surface area contributed by atoms with E-state index in [0.717, 1.165) is 11.1 Å². The molecule has 0 nitrogen and oxygen atoms in total. The molecule has 2 aliphatic rings. The number of hydrogen-bond acceptors (Lipinski definition) is 0. The average molecular weight is 662 g/mol. The Labute approximate surface area is 312 Å². The molecular formula is C36H40KSm-. The van der Waals surface area contributed by atoms with Gasteiger partial charge in [0.1, 0.15) is 0 Å². The summed E-state index contributed by atoms with van der Waals surface area (Å²) in [6.07, 6.45) is 13.4. The van der Waals surface area contributed by atoms with Gasteiger partial charge in [-0.3, -0.25) is 11.8 Å². The van der Waals surface area contributed by atoms with Crippen molar-refractivity contribution < 1.29 is 91.8 Å². The van der Waals surface area contributed by atoms with E-state index in [4.69, 9.17) is 12.8 Å². The first-order valence-electron chi connectivity index (χ1n) is 12.3. The Hall–Kier alpha value is 0.534. The predicted octanol–water partition coefficient (Wildman–Crippen LogP) is 6.20. The molecule has 0 aromatic heterocycles. The first kappa shape index (κ1) is 40.7. The van der Waals surface area contributed by atoms with E-state index in [2.05, 4.69) is 81.1 Å². The third-order valence-corrected chi connectivity index (χ3v) is 7.46. The molecule has 2 fully saturated rings. The summed E-state index contributed by atoms with van der Waals surface area (Å²) in [6, 6.07) is 18.7. The minimum absolute atomic E-state index is 0. The van der Waals surface area contributed by atoms with E-state index < -0.39 is 0 Å².